The van der Waals surface area contributed by atoms with Gasteiger partial charge in [-0.2, -0.15) is 9.78 Å². The highest BCUT2D eigenvalue weighted by Gasteiger charge is 2.11. The van der Waals surface area contributed by atoms with E-state index >= 15 is 0 Å². The highest BCUT2D eigenvalue weighted by atomic mass is 15.3. The van der Waals surface area contributed by atoms with E-state index in [1.165, 1.54) is 5.56 Å². The molecule has 4 nitrogen and oxygen atoms in total. The standard InChI is InChI=1S/C17H18N4/c1-3-13-7-4-8-14(10-13)15-11-16(18)21(20-15)17-12(2)6-5-9-19-17/h4-11H,3,18H2,1-2H3. The first-order valence-corrected chi connectivity index (χ1v) is 7.06. The number of nitrogens with two attached hydrogens (primary N) is 1. The van der Waals surface area contributed by atoms with E-state index < -0.39 is 0 Å². The van der Waals surface area contributed by atoms with E-state index in [4.69, 9.17) is 5.73 Å². The van der Waals surface area contributed by atoms with Crippen LogP contribution in [0.15, 0.2) is 48.7 Å². The van der Waals surface area contributed by atoms with Crippen LogP contribution in [0.5, 0.6) is 0 Å². The molecule has 0 spiro atoms. The number of nitrogens with zero attached hydrogens (tertiary/aromatic N) is 3. The zero-order valence-corrected chi connectivity index (χ0v) is 12.2. The van der Waals surface area contributed by atoms with Gasteiger partial charge in [-0.15, -0.1) is 0 Å². The van der Waals surface area contributed by atoms with E-state index in [0.717, 1.165) is 29.1 Å². The quantitative estimate of drug-likeness (QED) is 0.799. The lowest BCUT2D eigenvalue weighted by Gasteiger charge is -2.05. The molecule has 4 heteroatoms. The lowest BCUT2D eigenvalue weighted by Crippen LogP contribution is -2.05. The molecule has 0 aliphatic carbocycles. The Bertz CT molecular complexity index is 774. The minimum Gasteiger partial charge on any atom is -0.384 e. The minimum atomic E-state index is 0.591. The molecule has 1 aromatic carbocycles. The molecule has 0 aliphatic heterocycles. The van der Waals surface area contributed by atoms with Gasteiger partial charge >= 0.3 is 0 Å². The summed E-state index contributed by atoms with van der Waals surface area (Å²) in [4.78, 5) is 4.37. The number of aromatic nitrogens is 3. The average molecular weight is 278 g/mol. The van der Waals surface area contributed by atoms with Crippen molar-refractivity contribution in [3.05, 3.63) is 59.8 Å². The van der Waals surface area contributed by atoms with E-state index in [9.17, 15) is 0 Å². The zero-order valence-electron chi connectivity index (χ0n) is 12.2. The number of aryl methyl sites for hydroxylation is 2. The summed E-state index contributed by atoms with van der Waals surface area (Å²) in [5, 5.41) is 4.62. The molecule has 0 saturated carbocycles. The van der Waals surface area contributed by atoms with Crippen LogP contribution in [0, 0.1) is 6.92 Å². The summed E-state index contributed by atoms with van der Waals surface area (Å²) < 4.78 is 1.70. The highest BCUT2D eigenvalue weighted by molar-refractivity contribution is 5.64. The summed E-state index contributed by atoms with van der Waals surface area (Å²) in [6, 6.07) is 14.2. The van der Waals surface area contributed by atoms with Crippen LogP contribution in [0.1, 0.15) is 18.1 Å². The van der Waals surface area contributed by atoms with Crippen molar-refractivity contribution in [3.63, 3.8) is 0 Å². The molecule has 0 saturated heterocycles. The lowest BCUT2D eigenvalue weighted by molar-refractivity contribution is 0.851. The monoisotopic (exact) mass is 278 g/mol. The Morgan fingerprint density at radius 3 is 2.76 bits per heavy atom. The molecule has 2 heterocycles. The Morgan fingerprint density at radius 1 is 1.14 bits per heavy atom. The summed E-state index contributed by atoms with van der Waals surface area (Å²) in [5.41, 5.74) is 10.4. The minimum absolute atomic E-state index is 0.591. The van der Waals surface area contributed by atoms with Gasteiger partial charge in [-0.05, 0) is 36.6 Å². The van der Waals surface area contributed by atoms with Crippen LogP contribution in [-0.2, 0) is 6.42 Å². The second-order valence-corrected chi connectivity index (χ2v) is 5.06. The number of benzene rings is 1. The fraction of sp³-hybridized carbons (Fsp3) is 0.176. The van der Waals surface area contributed by atoms with E-state index in [2.05, 4.69) is 41.3 Å². The molecular weight excluding hydrogens is 260 g/mol. The van der Waals surface area contributed by atoms with E-state index in [0.29, 0.717) is 5.82 Å². The summed E-state index contributed by atoms with van der Waals surface area (Å²) in [6.07, 6.45) is 2.75. The smallest absolute Gasteiger partial charge is 0.158 e. The Balaban J connectivity index is 2.07. The van der Waals surface area contributed by atoms with Gasteiger partial charge in [-0.25, -0.2) is 4.98 Å². The van der Waals surface area contributed by atoms with Crippen LogP contribution in [0.2, 0.25) is 0 Å². The molecule has 21 heavy (non-hydrogen) atoms. The first-order chi connectivity index (χ1) is 10.2. The number of hydrogen-bond donors (Lipinski definition) is 1. The maximum absolute atomic E-state index is 6.11. The number of pyridine rings is 1. The van der Waals surface area contributed by atoms with E-state index in [1.54, 1.807) is 10.9 Å². The predicted molar refractivity (Wildman–Crippen MR) is 85.3 cm³/mol. The molecule has 2 N–H and O–H groups in total. The fourth-order valence-corrected chi connectivity index (χ4v) is 2.36. The van der Waals surface area contributed by atoms with Crippen molar-refractivity contribution in [2.45, 2.75) is 20.3 Å². The van der Waals surface area contributed by atoms with Gasteiger partial charge in [-0.3, -0.25) is 0 Å². The molecule has 0 unspecified atom stereocenters. The van der Waals surface area contributed by atoms with Crippen molar-refractivity contribution in [2.75, 3.05) is 5.73 Å². The van der Waals surface area contributed by atoms with Crippen molar-refractivity contribution < 1.29 is 0 Å². The Hall–Kier alpha value is -2.62. The summed E-state index contributed by atoms with van der Waals surface area (Å²) >= 11 is 0. The molecule has 0 fully saturated rings. The largest absolute Gasteiger partial charge is 0.384 e. The van der Waals surface area contributed by atoms with Crippen LogP contribution in [0.25, 0.3) is 17.1 Å². The molecule has 0 bridgehead atoms. The van der Waals surface area contributed by atoms with Crippen molar-refractivity contribution in [1.82, 2.24) is 14.8 Å². The Morgan fingerprint density at radius 2 is 2.00 bits per heavy atom. The van der Waals surface area contributed by atoms with Gasteiger partial charge in [0.25, 0.3) is 0 Å². The number of hydrogen-bond acceptors (Lipinski definition) is 3. The molecule has 2 aromatic heterocycles. The summed E-state index contributed by atoms with van der Waals surface area (Å²) in [7, 11) is 0. The van der Waals surface area contributed by atoms with Gasteiger partial charge in [-0.1, -0.05) is 31.2 Å². The molecule has 0 aliphatic rings. The normalized spacial score (nSPS) is 10.8. The number of rotatable bonds is 3. The molecule has 3 rings (SSSR count). The van der Waals surface area contributed by atoms with Crippen LogP contribution < -0.4 is 5.73 Å². The molecular formula is C17H18N4. The van der Waals surface area contributed by atoms with Crippen molar-refractivity contribution in [3.8, 4) is 17.1 Å². The zero-order chi connectivity index (χ0) is 14.8. The van der Waals surface area contributed by atoms with Gasteiger partial charge in [0.15, 0.2) is 5.82 Å². The summed E-state index contributed by atoms with van der Waals surface area (Å²) in [5.74, 6) is 1.36. The van der Waals surface area contributed by atoms with Crippen LogP contribution in [0.4, 0.5) is 5.82 Å². The van der Waals surface area contributed by atoms with Crippen LogP contribution in [-0.4, -0.2) is 14.8 Å². The summed E-state index contributed by atoms with van der Waals surface area (Å²) in [6.45, 7) is 4.14. The maximum atomic E-state index is 6.11. The molecule has 0 radical (unpaired) electrons. The second kappa shape index (κ2) is 5.40. The average Bonchev–Trinajstić information content (AvgIpc) is 2.90. The Kier molecular flexibility index (Phi) is 3.44. The van der Waals surface area contributed by atoms with E-state index in [-0.39, 0.29) is 0 Å². The second-order valence-electron chi connectivity index (χ2n) is 5.06. The topological polar surface area (TPSA) is 56.7 Å². The first kappa shape index (κ1) is 13.4. The SMILES string of the molecule is CCc1cccc(-c2cc(N)n(-c3ncccc3C)n2)c1. The van der Waals surface area contributed by atoms with Crippen LogP contribution >= 0.6 is 0 Å². The maximum Gasteiger partial charge on any atom is 0.158 e. The molecule has 0 amide bonds. The van der Waals surface area contributed by atoms with Gasteiger partial charge in [0, 0.05) is 17.8 Å². The van der Waals surface area contributed by atoms with Gasteiger partial charge < -0.3 is 5.73 Å². The first-order valence-electron chi connectivity index (χ1n) is 7.06. The fourth-order valence-electron chi connectivity index (χ4n) is 2.36. The molecule has 3 aromatic rings. The lowest BCUT2D eigenvalue weighted by atomic mass is 10.1. The van der Waals surface area contributed by atoms with Gasteiger partial charge in [0.05, 0.1) is 5.69 Å². The van der Waals surface area contributed by atoms with Gasteiger partial charge in [0.2, 0.25) is 0 Å². The third-order valence-electron chi connectivity index (χ3n) is 3.55. The van der Waals surface area contributed by atoms with Crippen molar-refractivity contribution in [2.24, 2.45) is 0 Å². The Labute approximate surface area is 124 Å². The number of nitrogen functional groups attached to an aromatic ring is 1. The third-order valence-corrected chi connectivity index (χ3v) is 3.55. The number of anilines is 1. The van der Waals surface area contributed by atoms with Crippen molar-refractivity contribution in [1.29, 1.82) is 0 Å². The third kappa shape index (κ3) is 2.52. The van der Waals surface area contributed by atoms with Crippen molar-refractivity contribution >= 4 is 5.82 Å². The highest BCUT2D eigenvalue weighted by Crippen LogP contribution is 2.24. The predicted octanol–water partition coefficient (Wildman–Crippen LogP) is 3.39. The molecule has 0 atom stereocenters. The molecule has 106 valence electrons. The van der Waals surface area contributed by atoms with Crippen LogP contribution in [0.3, 0.4) is 0 Å². The van der Waals surface area contributed by atoms with E-state index in [1.807, 2.05) is 25.1 Å². The van der Waals surface area contributed by atoms with Gasteiger partial charge in [0.1, 0.15) is 5.82 Å².